The number of nitro benzene ring substituents is 1. The highest BCUT2D eigenvalue weighted by Gasteiger charge is 2.32. The average molecular weight is 530 g/mol. The zero-order valence-electron chi connectivity index (χ0n) is 20.1. The third-order valence-electron chi connectivity index (χ3n) is 6.85. The van der Waals surface area contributed by atoms with Crippen molar-refractivity contribution >= 4 is 28.8 Å². The fourth-order valence-corrected chi connectivity index (χ4v) is 6.11. The fraction of sp³-hybridized carbons (Fsp3) is 0.143. The van der Waals surface area contributed by atoms with Crippen LogP contribution in [-0.4, -0.2) is 21.7 Å². The molecule has 0 bridgehead atoms. The molecular formula is C28H20FN3O5S. The second kappa shape index (κ2) is 9.07. The number of hydrogen-bond acceptors (Lipinski definition) is 7. The number of ether oxygens (including phenoxy) is 1. The van der Waals surface area contributed by atoms with Crippen LogP contribution in [0.4, 0.5) is 10.1 Å². The van der Waals surface area contributed by atoms with Gasteiger partial charge in [-0.3, -0.25) is 19.5 Å². The molecular weight excluding hydrogens is 509 g/mol. The number of aromatic nitrogens is 1. The number of aromatic hydroxyl groups is 1. The molecule has 190 valence electrons. The van der Waals surface area contributed by atoms with Gasteiger partial charge in [-0.05, 0) is 59.4 Å². The van der Waals surface area contributed by atoms with E-state index in [1.807, 2.05) is 18.2 Å². The Morgan fingerprint density at radius 2 is 1.95 bits per heavy atom. The van der Waals surface area contributed by atoms with Crippen molar-refractivity contribution < 1.29 is 19.2 Å². The molecule has 0 fully saturated rings. The van der Waals surface area contributed by atoms with E-state index in [0.717, 1.165) is 28.8 Å². The summed E-state index contributed by atoms with van der Waals surface area (Å²) in [7, 11) is 1.29. The number of halogens is 1. The topological polar surface area (TPSA) is 107 Å². The molecule has 0 spiro atoms. The van der Waals surface area contributed by atoms with Crippen LogP contribution in [0.15, 0.2) is 76.0 Å². The van der Waals surface area contributed by atoms with E-state index in [-0.39, 0.29) is 17.1 Å². The highest BCUT2D eigenvalue weighted by molar-refractivity contribution is 7.07. The lowest BCUT2D eigenvalue weighted by Crippen LogP contribution is -2.38. The maximum Gasteiger partial charge on any atom is 0.315 e. The Morgan fingerprint density at radius 1 is 1.18 bits per heavy atom. The highest BCUT2D eigenvalue weighted by Crippen LogP contribution is 2.41. The summed E-state index contributed by atoms with van der Waals surface area (Å²) in [5, 5.41) is 21.6. The normalized spacial score (nSPS) is 16.4. The number of nitro groups is 1. The third kappa shape index (κ3) is 3.81. The summed E-state index contributed by atoms with van der Waals surface area (Å²) in [4.78, 5) is 29.9. The molecule has 0 saturated heterocycles. The summed E-state index contributed by atoms with van der Waals surface area (Å²) in [6.07, 6.45) is 3.02. The Labute approximate surface area is 219 Å². The number of thiazole rings is 1. The number of nitrogens with zero attached hydrogens (tertiary/aromatic N) is 3. The van der Waals surface area contributed by atoms with Gasteiger partial charge in [0, 0.05) is 11.6 Å². The molecule has 1 atom stereocenters. The molecule has 0 amide bonds. The van der Waals surface area contributed by atoms with Crippen molar-refractivity contribution in [2.24, 2.45) is 4.99 Å². The van der Waals surface area contributed by atoms with E-state index in [1.54, 1.807) is 16.7 Å². The summed E-state index contributed by atoms with van der Waals surface area (Å²) in [5.74, 6) is -1.03. The third-order valence-corrected chi connectivity index (χ3v) is 7.83. The van der Waals surface area contributed by atoms with Crippen molar-refractivity contribution in [1.29, 1.82) is 0 Å². The van der Waals surface area contributed by atoms with E-state index >= 15 is 0 Å². The molecule has 2 heterocycles. The highest BCUT2D eigenvalue weighted by atomic mass is 32.1. The Kier molecular flexibility index (Phi) is 5.68. The molecule has 0 saturated carbocycles. The van der Waals surface area contributed by atoms with E-state index in [0.29, 0.717) is 21.3 Å². The van der Waals surface area contributed by atoms with Gasteiger partial charge in [0.2, 0.25) is 5.75 Å². The fourth-order valence-electron chi connectivity index (χ4n) is 5.11. The SMILES string of the molecule is COc1cc(/C=c2/sc3n(c2=O)[C@H](c2ccc(F)cc2)C2=C(N=3)c3ccccc3CC2)cc([N+](=O)[O-])c1O. The molecule has 1 aliphatic heterocycles. The van der Waals surface area contributed by atoms with Crippen LogP contribution in [0.1, 0.15) is 34.7 Å². The van der Waals surface area contributed by atoms with Crippen LogP contribution in [0.25, 0.3) is 11.8 Å². The van der Waals surface area contributed by atoms with Gasteiger partial charge >= 0.3 is 5.69 Å². The molecule has 2 aliphatic rings. The number of fused-ring (bicyclic) bond motifs is 3. The van der Waals surface area contributed by atoms with Gasteiger partial charge < -0.3 is 9.84 Å². The summed E-state index contributed by atoms with van der Waals surface area (Å²) in [6.45, 7) is 0. The zero-order chi connectivity index (χ0) is 26.6. The predicted molar refractivity (Wildman–Crippen MR) is 140 cm³/mol. The Hall–Kier alpha value is -4.57. The van der Waals surface area contributed by atoms with Crippen molar-refractivity contribution in [3.05, 3.63) is 124 Å². The lowest BCUT2D eigenvalue weighted by Gasteiger charge is -2.30. The zero-order valence-corrected chi connectivity index (χ0v) is 20.9. The molecule has 1 aliphatic carbocycles. The van der Waals surface area contributed by atoms with E-state index in [9.17, 15) is 24.4 Å². The Balaban J connectivity index is 1.60. The molecule has 8 nitrogen and oxygen atoms in total. The molecule has 38 heavy (non-hydrogen) atoms. The molecule has 1 N–H and O–H groups in total. The van der Waals surface area contributed by atoms with Gasteiger partial charge in [-0.1, -0.05) is 47.7 Å². The van der Waals surface area contributed by atoms with Crippen molar-refractivity contribution in [3.63, 3.8) is 0 Å². The number of rotatable bonds is 4. The maximum absolute atomic E-state index is 13.8. The summed E-state index contributed by atoms with van der Waals surface area (Å²) in [5.41, 5.74) is 4.23. The number of phenolic OH excluding ortho intramolecular Hbond substituents is 1. The van der Waals surface area contributed by atoms with Gasteiger partial charge in [0.05, 0.1) is 28.3 Å². The second-order valence-corrected chi connectivity index (χ2v) is 10.0. The minimum atomic E-state index is -0.711. The van der Waals surface area contributed by atoms with Crippen molar-refractivity contribution in [2.45, 2.75) is 18.9 Å². The van der Waals surface area contributed by atoms with Crippen molar-refractivity contribution in [1.82, 2.24) is 4.57 Å². The Bertz CT molecular complexity index is 1840. The first-order valence-corrected chi connectivity index (χ1v) is 12.6. The Morgan fingerprint density at radius 3 is 2.68 bits per heavy atom. The first-order valence-electron chi connectivity index (χ1n) is 11.8. The largest absolute Gasteiger partial charge is 0.500 e. The number of benzene rings is 3. The summed E-state index contributed by atoms with van der Waals surface area (Å²) in [6, 6.07) is 16.3. The standard InChI is InChI=1S/C28H20FN3O5S/c1-37-22-13-15(12-21(26(22)33)32(35)36)14-23-27(34)31-25(17-6-9-18(29)10-7-17)20-11-8-16-4-2-3-5-19(16)24(20)30-28(31)38-23/h2-7,9-10,12-14,25,33H,8,11H2,1H3/b23-14+/t25-/m1/s1. The number of aryl methyl sites for hydroxylation is 1. The number of hydrogen-bond donors (Lipinski definition) is 1. The second-order valence-electron chi connectivity index (χ2n) is 9.01. The van der Waals surface area contributed by atoms with Crippen LogP contribution in [-0.2, 0) is 6.42 Å². The predicted octanol–water partition coefficient (Wildman–Crippen LogP) is 4.08. The van der Waals surface area contributed by atoms with E-state index < -0.39 is 22.4 Å². The van der Waals surface area contributed by atoms with Crippen LogP contribution in [0.5, 0.6) is 11.5 Å². The van der Waals surface area contributed by atoms with Gasteiger partial charge in [-0.15, -0.1) is 0 Å². The quantitative estimate of drug-likeness (QED) is 0.317. The number of methoxy groups -OCH3 is 1. The molecule has 0 unspecified atom stereocenters. The van der Waals surface area contributed by atoms with Gasteiger partial charge in [0.1, 0.15) is 5.82 Å². The number of allylic oxidation sites excluding steroid dienone is 1. The van der Waals surface area contributed by atoms with Gasteiger partial charge in [0.15, 0.2) is 10.6 Å². The minimum absolute atomic E-state index is 0.0746. The lowest BCUT2D eigenvalue weighted by atomic mass is 9.83. The van der Waals surface area contributed by atoms with Crippen LogP contribution < -0.4 is 19.6 Å². The maximum atomic E-state index is 13.8. The molecule has 3 aromatic carbocycles. The molecule has 4 aromatic rings. The molecule has 6 rings (SSSR count). The monoisotopic (exact) mass is 529 g/mol. The number of phenols is 1. The minimum Gasteiger partial charge on any atom is -0.500 e. The van der Waals surface area contributed by atoms with Crippen molar-refractivity contribution in [3.8, 4) is 11.5 Å². The van der Waals surface area contributed by atoms with Crippen LogP contribution in [0, 0.1) is 15.9 Å². The smallest absolute Gasteiger partial charge is 0.315 e. The molecule has 10 heteroatoms. The first-order chi connectivity index (χ1) is 18.4. The first kappa shape index (κ1) is 23.8. The average Bonchev–Trinajstić information content (AvgIpc) is 3.23. The van der Waals surface area contributed by atoms with Gasteiger partial charge in [-0.2, -0.15) is 0 Å². The summed E-state index contributed by atoms with van der Waals surface area (Å²) < 4.78 is 20.8. The molecule has 0 radical (unpaired) electrons. The van der Waals surface area contributed by atoms with Gasteiger partial charge in [0.25, 0.3) is 5.56 Å². The van der Waals surface area contributed by atoms with E-state index in [1.165, 1.54) is 54.4 Å². The van der Waals surface area contributed by atoms with Gasteiger partial charge in [-0.25, -0.2) is 9.38 Å². The van der Waals surface area contributed by atoms with Crippen LogP contribution in [0.3, 0.4) is 0 Å². The molecule has 1 aromatic heterocycles. The van der Waals surface area contributed by atoms with Crippen LogP contribution in [0.2, 0.25) is 0 Å². The lowest BCUT2D eigenvalue weighted by molar-refractivity contribution is -0.386. The van der Waals surface area contributed by atoms with Crippen molar-refractivity contribution in [2.75, 3.05) is 7.11 Å². The van der Waals surface area contributed by atoms with Crippen LogP contribution >= 0.6 is 11.3 Å². The summed E-state index contributed by atoms with van der Waals surface area (Å²) >= 11 is 1.17. The van der Waals surface area contributed by atoms with E-state index in [4.69, 9.17) is 9.73 Å². The van der Waals surface area contributed by atoms with E-state index in [2.05, 4.69) is 6.07 Å².